The van der Waals surface area contributed by atoms with Gasteiger partial charge < -0.3 is 19.6 Å². The number of carbonyl (C=O) groups excluding carboxylic acids is 4. The Labute approximate surface area is 366 Å². The molecule has 0 radical (unpaired) electrons. The van der Waals surface area contributed by atoms with Crippen molar-refractivity contribution in [2.45, 2.75) is 37.5 Å². The smallest absolute Gasteiger partial charge is 0.291 e. The monoisotopic (exact) mass is 884 g/mol. The summed E-state index contributed by atoms with van der Waals surface area (Å²) in [6, 6.07) is 16.2. The van der Waals surface area contributed by atoms with Crippen molar-refractivity contribution in [1.82, 2.24) is 19.6 Å². The summed E-state index contributed by atoms with van der Waals surface area (Å²) in [5.41, 5.74) is 2.27. The predicted molar refractivity (Wildman–Crippen MR) is 236 cm³/mol. The lowest BCUT2D eigenvalue weighted by atomic mass is 9.93. The molecule has 316 valence electrons. The van der Waals surface area contributed by atoms with Crippen molar-refractivity contribution in [2.75, 3.05) is 52.4 Å². The van der Waals surface area contributed by atoms with E-state index in [1.807, 2.05) is 0 Å². The van der Waals surface area contributed by atoms with E-state index >= 15 is 0 Å². The van der Waals surface area contributed by atoms with Gasteiger partial charge in [-0.2, -0.15) is 0 Å². The molecule has 2 aliphatic heterocycles. The Morgan fingerprint density at radius 1 is 0.574 bits per heavy atom. The van der Waals surface area contributed by atoms with Gasteiger partial charge in [-0.3, -0.25) is 39.4 Å². The number of halogens is 2. The number of hydrogen-bond donors (Lipinski definition) is 0. The van der Waals surface area contributed by atoms with Crippen LogP contribution in [-0.4, -0.2) is 105 Å². The lowest BCUT2D eigenvalue weighted by molar-refractivity contribution is -0.387. The standard InChI is InChI=1S/C44H42Cl2N6O8S/c1-27-33(7-5-9-35(27)45)41-31(13-17-39(55)49-23-19-47(20-24-49)29(3)53)11-15-37(43(41)51(57)58)61-38-16-12-32(14-18-40(56)50-25-21-48(22-26-50)30(4)54)42(44(38)52(59)60)34-8-6-10-36(46)28(34)2/h5-18H,19-26H2,1-4H3/b17-13+,18-14+. The van der Waals surface area contributed by atoms with Gasteiger partial charge >= 0.3 is 0 Å². The van der Waals surface area contributed by atoms with Gasteiger partial charge in [0.1, 0.15) is 0 Å². The van der Waals surface area contributed by atoms with Crippen LogP contribution in [-0.2, 0) is 19.2 Å². The average Bonchev–Trinajstić information content (AvgIpc) is 3.24. The molecule has 0 aliphatic carbocycles. The molecule has 0 saturated carbocycles. The Balaban J connectivity index is 1.45. The predicted octanol–water partition coefficient (Wildman–Crippen LogP) is 8.32. The number of nitro benzene ring substituents is 2. The molecule has 0 bridgehead atoms. The molecule has 2 heterocycles. The fraction of sp³-hybridized carbons (Fsp3) is 0.273. The summed E-state index contributed by atoms with van der Waals surface area (Å²) in [6.07, 6.45) is 5.69. The third kappa shape index (κ3) is 9.80. The van der Waals surface area contributed by atoms with Crippen molar-refractivity contribution >= 4 is 82.1 Å². The molecule has 2 aliphatic rings. The Hall–Kier alpha value is -6.03. The first-order valence-electron chi connectivity index (χ1n) is 19.3. The normalized spacial score (nSPS) is 14.5. The largest absolute Gasteiger partial charge is 0.339 e. The van der Waals surface area contributed by atoms with Crippen LogP contribution in [0.15, 0.2) is 82.6 Å². The van der Waals surface area contributed by atoms with Crippen molar-refractivity contribution in [3.8, 4) is 22.3 Å². The Bertz CT molecular complexity index is 2340. The molecule has 0 N–H and O–H groups in total. The van der Waals surface area contributed by atoms with Gasteiger partial charge in [-0.15, -0.1) is 0 Å². The molecular weight excluding hydrogens is 843 g/mol. The number of hydrogen-bond acceptors (Lipinski definition) is 9. The highest BCUT2D eigenvalue weighted by atomic mass is 35.5. The molecule has 2 saturated heterocycles. The molecule has 0 unspecified atom stereocenters. The summed E-state index contributed by atoms with van der Waals surface area (Å²) in [5, 5.41) is 27.1. The van der Waals surface area contributed by atoms with Crippen LogP contribution in [0, 0.1) is 34.1 Å². The first-order valence-corrected chi connectivity index (χ1v) is 20.9. The average molecular weight is 886 g/mol. The summed E-state index contributed by atoms with van der Waals surface area (Å²) < 4.78 is 0. The summed E-state index contributed by atoms with van der Waals surface area (Å²) in [5.74, 6) is -0.811. The van der Waals surface area contributed by atoms with E-state index in [0.29, 0.717) is 95.8 Å². The van der Waals surface area contributed by atoms with Crippen LogP contribution in [0.25, 0.3) is 34.4 Å². The van der Waals surface area contributed by atoms with E-state index < -0.39 is 9.85 Å². The first-order chi connectivity index (χ1) is 29.1. The minimum atomic E-state index is -0.551. The van der Waals surface area contributed by atoms with Gasteiger partial charge in [0.2, 0.25) is 23.6 Å². The van der Waals surface area contributed by atoms with E-state index in [-0.39, 0.29) is 55.9 Å². The van der Waals surface area contributed by atoms with Crippen LogP contribution in [0.5, 0.6) is 0 Å². The fourth-order valence-corrected chi connectivity index (χ4v) is 8.84. The number of nitro groups is 2. The van der Waals surface area contributed by atoms with Gasteiger partial charge in [0.25, 0.3) is 11.4 Å². The number of carbonyl (C=O) groups is 4. The number of amides is 4. The van der Waals surface area contributed by atoms with Gasteiger partial charge in [0.05, 0.1) is 30.8 Å². The molecule has 4 aromatic rings. The highest BCUT2D eigenvalue weighted by molar-refractivity contribution is 7.99. The highest BCUT2D eigenvalue weighted by Crippen LogP contribution is 2.50. The van der Waals surface area contributed by atoms with E-state index in [1.165, 1.54) is 50.3 Å². The zero-order chi connectivity index (χ0) is 44.1. The van der Waals surface area contributed by atoms with Crippen LogP contribution < -0.4 is 0 Å². The van der Waals surface area contributed by atoms with Gasteiger partial charge in [-0.05, 0) is 83.6 Å². The summed E-state index contributed by atoms with van der Waals surface area (Å²) in [4.78, 5) is 82.3. The molecule has 4 amide bonds. The zero-order valence-electron chi connectivity index (χ0n) is 33.9. The molecule has 0 spiro atoms. The highest BCUT2D eigenvalue weighted by Gasteiger charge is 2.31. The van der Waals surface area contributed by atoms with Gasteiger partial charge in [-0.25, -0.2) is 0 Å². The third-order valence-electron chi connectivity index (χ3n) is 10.9. The summed E-state index contributed by atoms with van der Waals surface area (Å²) in [6.45, 7) is 9.28. The second kappa shape index (κ2) is 19.1. The molecule has 4 aromatic carbocycles. The Morgan fingerprint density at radius 2 is 0.918 bits per heavy atom. The number of nitrogens with zero attached hydrogens (tertiary/aromatic N) is 6. The fourth-order valence-electron chi connectivity index (χ4n) is 7.44. The lowest BCUT2D eigenvalue weighted by Crippen LogP contribution is -2.49. The molecule has 61 heavy (non-hydrogen) atoms. The van der Waals surface area contributed by atoms with E-state index in [1.54, 1.807) is 82.0 Å². The van der Waals surface area contributed by atoms with Crippen molar-refractivity contribution in [3.05, 3.63) is 125 Å². The van der Waals surface area contributed by atoms with Crippen LogP contribution in [0.1, 0.15) is 36.1 Å². The molecule has 0 aromatic heterocycles. The number of rotatable bonds is 10. The lowest BCUT2D eigenvalue weighted by Gasteiger charge is -2.33. The maximum Gasteiger partial charge on any atom is 0.291 e. The van der Waals surface area contributed by atoms with Crippen molar-refractivity contribution < 1.29 is 29.0 Å². The number of piperazine rings is 2. The topological polar surface area (TPSA) is 168 Å². The SMILES string of the molecule is CC(=O)N1CCN(C(=O)/C=C/c2ccc(Sc3ccc(/C=C/C(=O)N4CCN(C(C)=O)CC4)c(-c4cccc(Cl)c4C)c3[N+](=O)[O-])c([N+](=O)[O-])c2-c2cccc(Cl)c2C)CC1. The summed E-state index contributed by atoms with van der Waals surface area (Å²) >= 11 is 13.9. The molecule has 0 atom stereocenters. The minimum absolute atomic E-state index is 0.0758. The minimum Gasteiger partial charge on any atom is -0.339 e. The van der Waals surface area contributed by atoms with E-state index in [9.17, 15) is 39.4 Å². The molecular formula is C44H42Cl2N6O8S. The second-order valence-corrected chi connectivity index (χ2v) is 16.4. The van der Waals surface area contributed by atoms with E-state index in [0.717, 1.165) is 11.8 Å². The maximum atomic E-state index is 13.3. The van der Waals surface area contributed by atoms with Crippen LogP contribution in [0.3, 0.4) is 0 Å². The molecule has 6 rings (SSSR count). The van der Waals surface area contributed by atoms with Crippen LogP contribution in [0.4, 0.5) is 11.4 Å². The van der Waals surface area contributed by atoms with Gasteiger partial charge in [0.15, 0.2) is 0 Å². The Kier molecular flexibility index (Phi) is 14.0. The second-order valence-electron chi connectivity index (χ2n) is 14.5. The first kappa shape index (κ1) is 44.5. The number of benzene rings is 4. The third-order valence-corrected chi connectivity index (χ3v) is 12.8. The van der Waals surface area contributed by atoms with Gasteiger partial charge in [0, 0.05) is 88.4 Å². The van der Waals surface area contributed by atoms with Crippen molar-refractivity contribution in [2.24, 2.45) is 0 Å². The van der Waals surface area contributed by atoms with Crippen molar-refractivity contribution in [1.29, 1.82) is 0 Å². The molecule has 14 nitrogen and oxygen atoms in total. The van der Waals surface area contributed by atoms with E-state index in [4.69, 9.17) is 23.2 Å². The van der Waals surface area contributed by atoms with Crippen LogP contribution in [0.2, 0.25) is 10.0 Å². The molecule has 17 heteroatoms. The van der Waals surface area contributed by atoms with Crippen molar-refractivity contribution in [3.63, 3.8) is 0 Å². The van der Waals surface area contributed by atoms with Crippen LogP contribution >= 0.6 is 35.0 Å². The summed E-state index contributed by atoms with van der Waals surface area (Å²) in [7, 11) is 0. The van der Waals surface area contributed by atoms with Gasteiger partial charge in [-0.1, -0.05) is 71.4 Å². The quantitative estimate of drug-likeness (QED) is 0.0864. The maximum absolute atomic E-state index is 13.3. The van der Waals surface area contributed by atoms with E-state index in [2.05, 4.69) is 0 Å². The molecule has 2 fully saturated rings. The zero-order valence-corrected chi connectivity index (χ0v) is 36.2. The Morgan fingerprint density at radius 3 is 1.25 bits per heavy atom.